The molecule has 0 amide bonds. The van der Waals surface area contributed by atoms with Crippen LogP contribution in [0, 0.1) is 40.9 Å². The van der Waals surface area contributed by atoms with Crippen molar-refractivity contribution in [3.63, 3.8) is 0 Å². The fourth-order valence-corrected chi connectivity index (χ4v) is 7.96. The van der Waals surface area contributed by atoms with E-state index in [9.17, 15) is 18.3 Å². The minimum Gasteiger partial charge on any atom is -0.380 e. The molecule has 1 N–H and O–H groups in total. The number of hydrogen-bond donors (Lipinski definition) is 1. The Balaban J connectivity index is 1.57. The lowest BCUT2D eigenvalue weighted by molar-refractivity contribution is -0.282. The molecule has 0 spiro atoms. The first-order chi connectivity index (χ1) is 12.1. The number of allylic oxidation sites excluding steroid dienone is 2. The van der Waals surface area contributed by atoms with E-state index in [1.54, 1.807) is 5.57 Å². The van der Waals surface area contributed by atoms with Gasteiger partial charge in [-0.3, -0.25) is 0 Å². The summed E-state index contributed by atoms with van der Waals surface area (Å²) in [5.41, 5.74) is -0.516. The molecule has 0 saturated heterocycles. The Kier molecular flexibility index (Phi) is 4.34. The molecule has 0 aliphatic heterocycles. The summed E-state index contributed by atoms with van der Waals surface area (Å²) in [4.78, 5) is 0. The maximum absolute atomic E-state index is 13.3. The molecule has 0 heterocycles. The van der Waals surface area contributed by atoms with E-state index in [0.29, 0.717) is 41.4 Å². The summed E-state index contributed by atoms with van der Waals surface area (Å²) in [6.45, 7) is 7.00. The van der Waals surface area contributed by atoms with Crippen LogP contribution in [0.15, 0.2) is 11.6 Å². The van der Waals surface area contributed by atoms with Gasteiger partial charge in [0.15, 0.2) is 5.60 Å². The van der Waals surface area contributed by atoms with Crippen LogP contribution in [0.1, 0.15) is 72.1 Å². The molecule has 0 aromatic rings. The molecular weight excluding hydrogens is 337 g/mol. The van der Waals surface area contributed by atoms with Crippen LogP contribution in [0.4, 0.5) is 13.2 Å². The molecule has 0 aromatic heterocycles. The Labute approximate surface area is 155 Å². The van der Waals surface area contributed by atoms with Crippen molar-refractivity contribution in [1.29, 1.82) is 0 Å². The predicted octanol–water partition coefficient (Wildman–Crippen LogP) is 6.12. The maximum Gasteiger partial charge on any atom is 0.417 e. The van der Waals surface area contributed by atoms with Gasteiger partial charge in [-0.2, -0.15) is 13.2 Å². The number of alkyl halides is 3. The third kappa shape index (κ3) is 2.53. The van der Waals surface area contributed by atoms with Crippen molar-refractivity contribution in [3.8, 4) is 0 Å². The summed E-state index contributed by atoms with van der Waals surface area (Å²) < 4.78 is 40.0. The predicted molar refractivity (Wildman–Crippen MR) is 96.4 cm³/mol. The minimum absolute atomic E-state index is 0.0545. The van der Waals surface area contributed by atoms with Crippen molar-refractivity contribution in [2.24, 2.45) is 40.9 Å². The highest BCUT2D eigenvalue weighted by Crippen LogP contribution is 2.66. The summed E-state index contributed by atoms with van der Waals surface area (Å²) in [7, 11) is 0. The molecule has 4 heteroatoms. The number of halogens is 3. The van der Waals surface area contributed by atoms with Gasteiger partial charge in [0.1, 0.15) is 0 Å². The smallest absolute Gasteiger partial charge is 0.380 e. The van der Waals surface area contributed by atoms with Gasteiger partial charge < -0.3 is 5.11 Å². The van der Waals surface area contributed by atoms with Crippen LogP contribution >= 0.6 is 0 Å². The first kappa shape index (κ1) is 18.8. The third-order valence-electron chi connectivity index (χ3n) is 9.03. The van der Waals surface area contributed by atoms with Crippen molar-refractivity contribution in [2.75, 3.05) is 0 Å². The number of aliphatic hydroxyl groups is 1. The SMILES string of the molecule is C/C=C1/C[C@@H](C)[C@H]2[C@@H]3CC[C@@H]4C[C@@](O)(C(F)(F)F)CC[C@@H]4[C@H]3CC[C@]12C. The van der Waals surface area contributed by atoms with Gasteiger partial charge in [0.25, 0.3) is 0 Å². The Morgan fingerprint density at radius 2 is 1.73 bits per heavy atom. The normalized spacial score (nSPS) is 53.1. The van der Waals surface area contributed by atoms with Crippen molar-refractivity contribution in [1.82, 2.24) is 0 Å². The number of rotatable bonds is 0. The highest BCUT2D eigenvalue weighted by atomic mass is 19.4. The molecule has 4 fully saturated rings. The first-order valence-electron chi connectivity index (χ1n) is 10.6. The lowest BCUT2D eigenvalue weighted by Crippen LogP contribution is -2.55. The van der Waals surface area contributed by atoms with E-state index >= 15 is 0 Å². The van der Waals surface area contributed by atoms with E-state index in [1.807, 2.05) is 0 Å². The summed E-state index contributed by atoms with van der Waals surface area (Å²) in [6, 6.07) is 0. The Bertz CT molecular complexity index is 597. The van der Waals surface area contributed by atoms with Gasteiger partial charge >= 0.3 is 6.18 Å². The Hall–Kier alpha value is -0.510. The highest BCUT2D eigenvalue weighted by molar-refractivity contribution is 5.24. The van der Waals surface area contributed by atoms with Crippen LogP contribution in [0.3, 0.4) is 0 Å². The maximum atomic E-state index is 13.3. The zero-order valence-electron chi connectivity index (χ0n) is 16.3. The van der Waals surface area contributed by atoms with Gasteiger partial charge in [0.05, 0.1) is 0 Å². The zero-order chi connectivity index (χ0) is 18.9. The molecule has 4 aliphatic rings. The summed E-state index contributed by atoms with van der Waals surface area (Å²) >= 11 is 0. The molecule has 4 aliphatic carbocycles. The monoisotopic (exact) mass is 370 g/mol. The largest absolute Gasteiger partial charge is 0.417 e. The summed E-state index contributed by atoms with van der Waals surface area (Å²) in [6.07, 6.45) is 3.70. The van der Waals surface area contributed by atoms with E-state index in [2.05, 4.69) is 26.8 Å². The van der Waals surface area contributed by atoms with E-state index in [1.165, 1.54) is 12.8 Å². The molecule has 0 bridgehead atoms. The Morgan fingerprint density at radius 3 is 2.38 bits per heavy atom. The molecule has 0 unspecified atom stereocenters. The third-order valence-corrected chi connectivity index (χ3v) is 9.03. The molecule has 0 aromatic carbocycles. The lowest BCUT2D eigenvalue weighted by atomic mass is 9.48. The zero-order valence-corrected chi connectivity index (χ0v) is 16.3. The topological polar surface area (TPSA) is 20.2 Å². The van der Waals surface area contributed by atoms with E-state index in [4.69, 9.17) is 0 Å². The molecular formula is C22H33F3O. The number of fused-ring (bicyclic) bond motifs is 5. The quantitative estimate of drug-likeness (QED) is 0.509. The average molecular weight is 370 g/mol. The molecule has 148 valence electrons. The number of hydrogen-bond acceptors (Lipinski definition) is 1. The minimum atomic E-state index is -4.49. The van der Waals surface area contributed by atoms with Crippen LogP contribution in [-0.2, 0) is 0 Å². The summed E-state index contributed by atoms with van der Waals surface area (Å²) in [5.74, 6) is 3.06. The molecule has 4 rings (SSSR count). The van der Waals surface area contributed by atoms with Crippen LogP contribution < -0.4 is 0 Å². The van der Waals surface area contributed by atoms with Gasteiger partial charge in [-0.1, -0.05) is 25.5 Å². The fourth-order valence-electron chi connectivity index (χ4n) is 7.96. The van der Waals surface area contributed by atoms with Crippen LogP contribution in [0.2, 0.25) is 0 Å². The molecule has 4 saturated carbocycles. The standard InChI is InChI=1S/C22H33F3O/c1-4-15-11-13(2)19-18-6-5-14-12-21(26,22(23,24)25)10-8-16(14)17(18)7-9-20(15,19)3/h4,13-14,16-19,26H,5-12H2,1-3H3/b15-4-/t13-,14-,16+,17-,18-,19+,20-,21-/m1/s1. The van der Waals surface area contributed by atoms with Crippen molar-refractivity contribution >= 4 is 0 Å². The lowest BCUT2D eigenvalue weighted by Gasteiger charge is -2.57. The van der Waals surface area contributed by atoms with Crippen molar-refractivity contribution < 1.29 is 18.3 Å². The van der Waals surface area contributed by atoms with E-state index in [-0.39, 0.29) is 18.8 Å². The second kappa shape index (κ2) is 5.99. The van der Waals surface area contributed by atoms with Gasteiger partial charge in [0, 0.05) is 0 Å². The van der Waals surface area contributed by atoms with Crippen LogP contribution in [0.5, 0.6) is 0 Å². The van der Waals surface area contributed by atoms with Crippen LogP contribution in [0.25, 0.3) is 0 Å². The van der Waals surface area contributed by atoms with Gasteiger partial charge in [0.2, 0.25) is 0 Å². The fraction of sp³-hybridized carbons (Fsp3) is 0.909. The molecule has 26 heavy (non-hydrogen) atoms. The second-order valence-electron chi connectivity index (χ2n) is 10.1. The Morgan fingerprint density at radius 1 is 1.04 bits per heavy atom. The van der Waals surface area contributed by atoms with Gasteiger partial charge in [-0.15, -0.1) is 0 Å². The van der Waals surface area contributed by atoms with Gasteiger partial charge in [-0.25, -0.2) is 0 Å². The summed E-state index contributed by atoms with van der Waals surface area (Å²) in [5, 5.41) is 10.2. The van der Waals surface area contributed by atoms with Crippen LogP contribution in [-0.4, -0.2) is 16.9 Å². The van der Waals surface area contributed by atoms with Crippen molar-refractivity contribution in [3.05, 3.63) is 11.6 Å². The van der Waals surface area contributed by atoms with Crippen molar-refractivity contribution in [2.45, 2.75) is 83.9 Å². The van der Waals surface area contributed by atoms with E-state index in [0.717, 1.165) is 19.3 Å². The van der Waals surface area contributed by atoms with Gasteiger partial charge in [-0.05, 0) is 99.2 Å². The van der Waals surface area contributed by atoms with E-state index < -0.39 is 11.8 Å². The second-order valence-corrected chi connectivity index (χ2v) is 10.1. The average Bonchev–Trinajstić information content (AvgIpc) is 2.84. The molecule has 0 radical (unpaired) electrons. The molecule has 8 atom stereocenters. The molecule has 1 nitrogen and oxygen atoms in total. The highest BCUT2D eigenvalue weighted by Gasteiger charge is 2.61. The first-order valence-corrected chi connectivity index (χ1v) is 10.6.